The average molecular weight is 283 g/mol. The fourth-order valence-corrected chi connectivity index (χ4v) is 4.02. The van der Waals surface area contributed by atoms with E-state index in [9.17, 15) is 18.3 Å². The van der Waals surface area contributed by atoms with E-state index in [2.05, 4.69) is 0 Å². The second-order valence-corrected chi connectivity index (χ2v) is 6.73. The van der Waals surface area contributed by atoms with E-state index in [1.165, 1.54) is 0 Å². The molecular formula is C13H17NO4S. The van der Waals surface area contributed by atoms with Gasteiger partial charge in [0, 0.05) is 13.0 Å². The van der Waals surface area contributed by atoms with Crippen LogP contribution >= 0.6 is 0 Å². The maximum Gasteiger partial charge on any atom is 0.322 e. The number of benzene rings is 1. The zero-order valence-electron chi connectivity index (χ0n) is 10.7. The summed E-state index contributed by atoms with van der Waals surface area (Å²) >= 11 is 0. The molecule has 0 saturated heterocycles. The molecule has 1 atom stereocenters. The Labute approximate surface area is 112 Å². The Hall–Kier alpha value is -1.40. The third-order valence-electron chi connectivity index (χ3n) is 3.31. The third-order valence-corrected chi connectivity index (χ3v) is 5.33. The summed E-state index contributed by atoms with van der Waals surface area (Å²) < 4.78 is 25.5. The van der Waals surface area contributed by atoms with Gasteiger partial charge in [0.05, 0.1) is 5.75 Å². The summed E-state index contributed by atoms with van der Waals surface area (Å²) in [5, 5.41) is 9.26. The minimum absolute atomic E-state index is 0.0149. The fraction of sp³-hybridized carbons (Fsp3) is 0.462. The molecule has 1 aromatic carbocycles. The summed E-state index contributed by atoms with van der Waals surface area (Å²) in [4.78, 5) is 11.3. The van der Waals surface area contributed by atoms with Crippen molar-refractivity contribution in [2.24, 2.45) is 0 Å². The van der Waals surface area contributed by atoms with Crippen molar-refractivity contribution in [2.45, 2.75) is 32.4 Å². The molecule has 0 aromatic heterocycles. The van der Waals surface area contributed by atoms with Gasteiger partial charge < -0.3 is 5.11 Å². The number of sulfonamides is 1. The number of carbonyl (C=O) groups is 1. The highest BCUT2D eigenvalue weighted by molar-refractivity contribution is 7.89. The highest BCUT2D eigenvalue weighted by Crippen LogP contribution is 2.26. The van der Waals surface area contributed by atoms with Gasteiger partial charge in [-0.2, -0.15) is 4.31 Å². The predicted molar refractivity (Wildman–Crippen MR) is 71.2 cm³/mol. The highest BCUT2D eigenvalue weighted by Gasteiger charge is 2.38. The summed E-state index contributed by atoms with van der Waals surface area (Å²) in [5.41, 5.74) is 1.80. The molecule has 0 radical (unpaired) electrons. The minimum Gasteiger partial charge on any atom is -0.480 e. The number of hydrogen-bond acceptors (Lipinski definition) is 3. The summed E-state index contributed by atoms with van der Waals surface area (Å²) in [5.74, 6) is -1.10. The third kappa shape index (κ3) is 2.79. The molecule has 0 aliphatic carbocycles. The summed E-state index contributed by atoms with van der Waals surface area (Å²) in [6.07, 6.45) is 0.710. The number of fused-ring (bicyclic) bond motifs is 1. The SMILES string of the molecule is CCCS(=O)(=O)N1Cc2ccccc2CC1C(=O)O. The number of nitrogens with zero attached hydrogens (tertiary/aromatic N) is 1. The van der Waals surface area contributed by atoms with Crippen LogP contribution in [0.3, 0.4) is 0 Å². The van der Waals surface area contributed by atoms with Crippen LogP contribution in [0, 0.1) is 0 Å². The lowest BCUT2D eigenvalue weighted by atomic mass is 9.96. The van der Waals surface area contributed by atoms with E-state index in [4.69, 9.17) is 0 Å². The van der Waals surface area contributed by atoms with Gasteiger partial charge in [-0.25, -0.2) is 8.42 Å². The number of carboxylic acids is 1. The monoisotopic (exact) mass is 283 g/mol. The largest absolute Gasteiger partial charge is 0.480 e. The molecular weight excluding hydrogens is 266 g/mol. The van der Waals surface area contributed by atoms with Gasteiger partial charge in [-0.05, 0) is 17.5 Å². The van der Waals surface area contributed by atoms with Gasteiger partial charge in [-0.3, -0.25) is 4.79 Å². The molecule has 1 heterocycles. The van der Waals surface area contributed by atoms with E-state index < -0.39 is 22.0 Å². The van der Waals surface area contributed by atoms with Crippen molar-refractivity contribution in [3.8, 4) is 0 Å². The Morgan fingerprint density at radius 1 is 1.37 bits per heavy atom. The molecule has 1 aliphatic rings. The molecule has 1 unspecified atom stereocenters. The first-order valence-corrected chi connectivity index (χ1v) is 7.85. The van der Waals surface area contributed by atoms with Crippen molar-refractivity contribution >= 4 is 16.0 Å². The minimum atomic E-state index is -3.52. The van der Waals surface area contributed by atoms with E-state index in [1.54, 1.807) is 6.92 Å². The van der Waals surface area contributed by atoms with Crippen LogP contribution in [0.25, 0.3) is 0 Å². The Bertz CT molecular complexity index is 582. The molecule has 5 nitrogen and oxygen atoms in total. The van der Waals surface area contributed by atoms with Gasteiger partial charge in [-0.15, -0.1) is 0 Å². The molecule has 0 bridgehead atoms. The van der Waals surface area contributed by atoms with Crippen LogP contribution in [0.15, 0.2) is 24.3 Å². The van der Waals surface area contributed by atoms with Gasteiger partial charge in [0.25, 0.3) is 0 Å². The normalized spacial score (nSPS) is 19.9. The fourth-order valence-electron chi connectivity index (χ4n) is 2.38. The molecule has 0 spiro atoms. The van der Waals surface area contributed by atoms with Gasteiger partial charge in [0.1, 0.15) is 6.04 Å². The van der Waals surface area contributed by atoms with Crippen molar-refractivity contribution < 1.29 is 18.3 Å². The standard InChI is InChI=1S/C13H17NO4S/c1-2-7-19(17,18)14-9-11-6-4-3-5-10(11)8-12(14)13(15)16/h3-6,12H,2,7-9H2,1H3,(H,15,16). The molecule has 6 heteroatoms. The summed E-state index contributed by atoms with van der Waals surface area (Å²) in [6.45, 7) is 1.92. The van der Waals surface area contributed by atoms with E-state index in [1.807, 2.05) is 24.3 Å². The summed E-state index contributed by atoms with van der Waals surface area (Å²) in [7, 11) is -3.52. The zero-order chi connectivity index (χ0) is 14.0. The second kappa shape index (κ2) is 5.30. The predicted octanol–water partition coefficient (Wildman–Crippen LogP) is 1.24. The zero-order valence-corrected chi connectivity index (χ0v) is 11.6. The van der Waals surface area contributed by atoms with Crippen molar-refractivity contribution in [1.29, 1.82) is 0 Å². The Kier molecular flexibility index (Phi) is 3.91. The number of aliphatic carboxylic acids is 1. The molecule has 104 valence electrons. The highest BCUT2D eigenvalue weighted by atomic mass is 32.2. The van der Waals surface area contributed by atoms with Crippen LogP contribution in [0.4, 0.5) is 0 Å². The average Bonchev–Trinajstić information content (AvgIpc) is 2.37. The van der Waals surface area contributed by atoms with Crippen LogP contribution in [-0.2, 0) is 27.8 Å². The van der Waals surface area contributed by atoms with Crippen LogP contribution in [0.2, 0.25) is 0 Å². The molecule has 0 amide bonds. The molecule has 1 aliphatic heterocycles. The number of hydrogen-bond donors (Lipinski definition) is 1. The smallest absolute Gasteiger partial charge is 0.322 e. The first-order chi connectivity index (χ1) is 8.95. The van der Waals surface area contributed by atoms with E-state index in [0.29, 0.717) is 6.42 Å². The van der Waals surface area contributed by atoms with E-state index in [-0.39, 0.29) is 18.7 Å². The van der Waals surface area contributed by atoms with Gasteiger partial charge in [-0.1, -0.05) is 31.2 Å². The topological polar surface area (TPSA) is 74.7 Å². The lowest BCUT2D eigenvalue weighted by molar-refractivity contribution is -0.141. The van der Waals surface area contributed by atoms with Crippen LogP contribution in [-0.4, -0.2) is 35.6 Å². The van der Waals surface area contributed by atoms with Gasteiger partial charge >= 0.3 is 5.97 Å². The summed E-state index contributed by atoms with van der Waals surface area (Å²) in [6, 6.07) is 6.39. The number of rotatable bonds is 4. The van der Waals surface area contributed by atoms with Crippen LogP contribution in [0.5, 0.6) is 0 Å². The van der Waals surface area contributed by atoms with Crippen LogP contribution < -0.4 is 0 Å². The molecule has 19 heavy (non-hydrogen) atoms. The molecule has 1 aromatic rings. The van der Waals surface area contributed by atoms with Gasteiger partial charge in [0.2, 0.25) is 10.0 Å². The maximum absolute atomic E-state index is 12.2. The quantitative estimate of drug-likeness (QED) is 0.902. The van der Waals surface area contributed by atoms with Gasteiger partial charge in [0.15, 0.2) is 0 Å². The van der Waals surface area contributed by atoms with Crippen LogP contribution in [0.1, 0.15) is 24.5 Å². The second-order valence-electron chi connectivity index (χ2n) is 4.69. The molecule has 2 rings (SSSR count). The van der Waals surface area contributed by atoms with Crippen molar-refractivity contribution in [3.63, 3.8) is 0 Å². The van der Waals surface area contributed by atoms with Crippen molar-refractivity contribution in [3.05, 3.63) is 35.4 Å². The lowest BCUT2D eigenvalue weighted by Crippen LogP contribution is -2.49. The first-order valence-electron chi connectivity index (χ1n) is 6.25. The molecule has 0 saturated carbocycles. The van der Waals surface area contributed by atoms with E-state index >= 15 is 0 Å². The maximum atomic E-state index is 12.2. The Morgan fingerprint density at radius 2 is 2.00 bits per heavy atom. The molecule has 0 fully saturated rings. The number of carboxylic acid groups (broad SMARTS) is 1. The van der Waals surface area contributed by atoms with Crippen molar-refractivity contribution in [1.82, 2.24) is 4.31 Å². The van der Waals surface area contributed by atoms with Crippen molar-refractivity contribution in [2.75, 3.05) is 5.75 Å². The Morgan fingerprint density at radius 3 is 2.58 bits per heavy atom. The first kappa shape index (κ1) is 14.0. The lowest BCUT2D eigenvalue weighted by Gasteiger charge is -2.33. The molecule has 1 N–H and O–H groups in total. The Balaban J connectivity index is 2.40. The van der Waals surface area contributed by atoms with E-state index in [0.717, 1.165) is 15.4 Å².